The molecule has 28 heavy (non-hydrogen) atoms. The van der Waals surface area contributed by atoms with Gasteiger partial charge in [-0.25, -0.2) is 9.36 Å². The molecular weight excluding hydrogens is 354 g/mol. The van der Waals surface area contributed by atoms with Crippen LogP contribution < -0.4 is 10.9 Å². The van der Waals surface area contributed by atoms with E-state index in [0.717, 1.165) is 43.6 Å². The molecule has 1 fully saturated rings. The third-order valence-electron chi connectivity index (χ3n) is 5.57. The second-order valence-electron chi connectivity index (χ2n) is 7.65. The van der Waals surface area contributed by atoms with Crippen LogP contribution in [-0.2, 0) is 13.6 Å². The van der Waals surface area contributed by atoms with Crippen LogP contribution in [0.15, 0.2) is 35.3 Å². The first kappa shape index (κ1) is 18.6. The van der Waals surface area contributed by atoms with E-state index in [1.54, 1.807) is 21.5 Å². The molecule has 0 atom stereocenters. The predicted octanol–water partition coefficient (Wildman–Crippen LogP) is 2.05. The average Bonchev–Trinajstić information content (AvgIpc) is 3.25. The van der Waals surface area contributed by atoms with Gasteiger partial charge in [-0.05, 0) is 57.7 Å². The lowest BCUT2D eigenvalue weighted by Gasteiger charge is -2.29. The van der Waals surface area contributed by atoms with Gasteiger partial charge in [0.1, 0.15) is 0 Å². The quantitative estimate of drug-likeness (QED) is 0.731. The van der Waals surface area contributed by atoms with Crippen molar-refractivity contribution < 1.29 is 0 Å². The standard InChI is InChI=1S/C20H27N7O/c1-14-12-15(2)26(23-14)19-8-9-20(28)27(24-19)17-6-4-16(5-7-17)21-13-18-10-11-22-25(18)3/h8-12,16-17,21H,4-7,13H2,1-3H3. The predicted molar refractivity (Wildman–Crippen MR) is 106 cm³/mol. The van der Waals surface area contributed by atoms with Gasteiger partial charge in [-0.1, -0.05) is 0 Å². The van der Waals surface area contributed by atoms with Crippen LogP contribution in [-0.4, -0.2) is 35.4 Å². The first-order valence-corrected chi connectivity index (χ1v) is 9.85. The van der Waals surface area contributed by atoms with Gasteiger partial charge in [-0.15, -0.1) is 5.10 Å². The summed E-state index contributed by atoms with van der Waals surface area (Å²) in [4.78, 5) is 12.4. The molecule has 148 valence electrons. The minimum Gasteiger partial charge on any atom is -0.308 e. The summed E-state index contributed by atoms with van der Waals surface area (Å²) in [6, 6.07) is 7.99. The van der Waals surface area contributed by atoms with Crippen LogP contribution in [0.25, 0.3) is 5.82 Å². The van der Waals surface area contributed by atoms with Crippen LogP contribution in [0.1, 0.15) is 48.8 Å². The molecule has 3 heterocycles. The van der Waals surface area contributed by atoms with Crippen molar-refractivity contribution in [1.82, 2.24) is 34.7 Å². The van der Waals surface area contributed by atoms with Crippen LogP contribution in [0.5, 0.6) is 0 Å². The Labute approximate surface area is 164 Å². The van der Waals surface area contributed by atoms with Crippen molar-refractivity contribution in [3.63, 3.8) is 0 Å². The molecule has 0 unspecified atom stereocenters. The van der Waals surface area contributed by atoms with Crippen molar-refractivity contribution in [2.75, 3.05) is 0 Å². The van der Waals surface area contributed by atoms with Crippen LogP contribution in [0.2, 0.25) is 0 Å². The second kappa shape index (κ2) is 7.71. The number of hydrogen-bond acceptors (Lipinski definition) is 5. The molecule has 0 radical (unpaired) electrons. The fraction of sp³-hybridized carbons (Fsp3) is 0.500. The summed E-state index contributed by atoms with van der Waals surface area (Å²) in [6.07, 6.45) is 5.76. The highest BCUT2D eigenvalue weighted by Crippen LogP contribution is 2.27. The maximum atomic E-state index is 12.4. The molecule has 0 aliphatic heterocycles. The Hall–Kier alpha value is -2.74. The third-order valence-corrected chi connectivity index (χ3v) is 5.57. The maximum absolute atomic E-state index is 12.4. The zero-order valence-electron chi connectivity index (χ0n) is 16.7. The lowest BCUT2D eigenvalue weighted by atomic mass is 9.91. The summed E-state index contributed by atoms with van der Waals surface area (Å²) in [5.41, 5.74) is 3.09. The average molecular weight is 381 g/mol. The highest BCUT2D eigenvalue weighted by atomic mass is 16.1. The largest absolute Gasteiger partial charge is 0.308 e. The molecule has 0 aromatic carbocycles. The highest BCUT2D eigenvalue weighted by molar-refractivity contribution is 5.24. The number of rotatable bonds is 5. The summed E-state index contributed by atoms with van der Waals surface area (Å²) in [5.74, 6) is 0.696. The van der Waals surface area contributed by atoms with Gasteiger partial charge in [0, 0.05) is 37.6 Å². The fourth-order valence-corrected chi connectivity index (χ4v) is 4.00. The van der Waals surface area contributed by atoms with E-state index in [1.807, 2.05) is 43.9 Å². The minimum absolute atomic E-state index is 0.0448. The third kappa shape index (κ3) is 3.77. The normalized spacial score (nSPS) is 19.8. The van der Waals surface area contributed by atoms with E-state index >= 15 is 0 Å². The molecule has 8 heteroatoms. The molecule has 1 N–H and O–H groups in total. The van der Waals surface area contributed by atoms with Gasteiger partial charge >= 0.3 is 0 Å². The van der Waals surface area contributed by atoms with E-state index in [-0.39, 0.29) is 11.6 Å². The second-order valence-corrected chi connectivity index (χ2v) is 7.65. The molecular formula is C20H27N7O. The van der Waals surface area contributed by atoms with Crippen molar-refractivity contribution in [3.05, 3.63) is 57.9 Å². The van der Waals surface area contributed by atoms with Crippen molar-refractivity contribution in [2.24, 2.45) is 7.05 Å². The highest BCUT2D eigenvalue weighted by Gasteiger charge is 2.24. The molecule has 3 aromatic rings. The topological polar surface area (TPSA) is 82.6 Å². The molecule has 0 bridgehead atoms. The monoisotopic (exact) mass is 381 g/mol. The van der Waals surface area contributed by atoms with Gasteiger partial charge in [0.05, 0.1) is 17.4 Å². The molecule has 0 spiro atoms. The van der Waals surface area contributed by atoms with Crippen molar-refractivity contribution in [3.8, 4) is 5.82 Å². The zero-order valence-corrected chi connectivity index (χ0v) is 16.7. The molecule has 1 aliphatic rings. The molecule has 1 aliphatic carbocycles. The smallest absolute Gasteiger partial charge is 0.267 e. The van der Waals surface area contributed by atoms with Gasteiger partial charge in [-0.2, -0.15) is 10.2 Å². The zero-order chi connectivity index (χ0) is 19.7. The molecule has 0 amide bonds. The molecule has 4 rings (SSSR count). The Morgan fingerprint density at radius 1 is 1.11 bits per heavy atom. The number of nitrogens with zero attached hydrogens (tertiary/aromatic N) is 6. The SMILES string of the molecule is Cc1cc(C)n(-c2ccc(=O)n(C3CCC(NCc4ccnn4C)CC3)n2)n1. The maximum Gasteiger partial charge on any atom is 0.267 e. The summed E-state index contributed by atoms with van der Waals surface area (Å²) < 4.78 is 5.35. The first-order valence-electron chi connectivity index (χ1n) is 9.85. The number of aromatic nitrogens is 6. The van der Waals surface area contributed by atoms with Gasteiger partial charge in [-0.3, -0.25) is 9.48 Å². The van der Waals surface area contributed by atoms with E-state index in [0.29, 0.717) is 11.9 Å². The molecule has 8 nitrogen and oxygen atoms in total. The molecule has 1 saturated carbocycles. The van der Waals surface area contributed by atoms with Gasteiger partial charge in [0.2, 0.25) is 0 Å². The summed E-state index contributed by atoms with van der Waals surface area (Å²) in [5, 5.41) is 16.9. The van der Waals surface area contributed by atoms with Crippen LogP contribution in [0.4, 0.5) is 0 Å². The van der Waals surface area contributed by atoms with Crippen molar-refractivity contribution >= 4 is 0 Å². The molecule has 3 aromatic heterocycles. The van der Waals surface area contributed by atoms with E-state index in [2.05, 4.69) is 20.6 Å². The van der Waals surface area contributed by atoms with Crippen LogP contribution in [0, 0.1) is 13.8 Å². The van der Waals surface area contributed by atoms with Crippen molar-refractivity contribution in [2.45, 2.75) is 58.2 Å². The van der Waals surface area contributed by atoms with E-state index in [9.17, 15) is 4.79 Å². The Morgan fingerprint density at radius 3 is 2.54 bits per heavy atom. The van der Waals surface area contributed by atoms with E-state index in [4.69, 9.17) is 0 Å². The first-order chi connectivity index (χ1) is 13.5. The Bertz CT molecular complexity index is 1010. The summed E-state index contributed by atoms with van der Waals surface area (Å²) in [6.45, 7) is 4.77. The Morgan fingerprint density at radius 2 is 1.89 bits per heavy atom. The minimum atomic E-state index is -0.0448. The van der Waals surface area contributed by atoms with Crippen LogP contribution in [0.3, 0.4) is 0 Å². The molecule has 0 saturated heterocycles. The van der Waals surface area contributed by atoms with Crippen LogP contribution >= 0.6 is 0 Å². The number of aryl methyl sites for hydroxylation is 3. The number of hydrogen-bond donors (Lipinski definition) is 1. The van der Waals surface area contributed by atoms with Gasteiger partial charge in [0.15, 0.2) is 5.82 Å². The van der Waals surface area contributed by atoms with Crippen molar-refractivity contribution in [1.29, 1.82) is 0 Å². The lowest BCUT2D eigenvalue weighted by Crippen LogP contribution is -2.37. The van der Waals surface area contributed by atoms with Gasteiger partial charge in [0.25, 0.3) is 5.56 Å². The Balaban J connectivity index is 1.43. The summed E-state index contributed by atoms with van der Waals surface area (Å²) in [7, 11) is 1.96. The van der Waals surface area contributed by atoms with E-state index in [1.165, 1.54) is 5.69 Å². The number of nitrogens with one attached hydrogen (secondary N) is 1. The summed E-state index contributed by atoms with van der Waals surface area (Å²) >= 11 is 0. The fourth-order valence-electron chi connectivity index (χ4n) is 4.00. The van der Waals surface area contributed by atoms with Gasteiger partial charge < -0.3 is 5.32 Å². The van der Waals surface area contributed by atoms with E-state index < -0.39 is 0 Å². The lowest BCUT2D eigenvalue weighted by molar-refractivity contribution is 0.267. The Kier molecular flexibility index (Phi) is 5.13.